The fraction of sp³-hybridized carbons (Fsp3) is 0.220. The van der Waals surface area contributed by atoms with E-state index in [0.29, 0.717) is 59.5 Å². The minimum absolute atomic E-state index is 0. The van der Waals surface area contributed by atoms with Gasteiger partial charge in [-0.25, -0.2) is 9.37 Å². The number of hydrogen-bond acceptors (Lipinski definition) is 6. The topological polar surface area (TPSA) is 64.1 Å². The highest BCUT2D eigenvalue weighted by Gasteiger charge is 2.20. The number of nitrogens with zero attached hydrogens (tertiary/aromatic N) is 3. The Labute approximate surface area is 324 Å². The zero-order chi connectivity index (χ0) is 35.6. The van der Waals surface area contributed by atoms with Gasteiger partial charge in [-0.05, 0) is 83.8 Å². The molecule has 0 aliphatic carbocycles. The van der Waals surface area contributed by atoms with Gasteiger partial charge in [0.2, 0.25) is 11.8 Å². The minimum atomic E-state index is -0.274. The Balaban J connectivity index is 0.00000523. The summed E-state index contributed by atoms with van der Waals surface area (Å²) in [6.07, 6.45) is 5.76. The number of hydrogen-bond donors (Lipinski definition) is 0. The molecule has 1 aromatic heterocycles. The Morgan fingerprint density at radius 1 is 0.846 bits per heavy atom. The van der Waals surface area contributed by atoms with Gasteiger partial charge >= 0.3 is 0 Å². The molecule has 0 spiro atoms. The van der Waals surface area contributed by atoms with Gasteiger partial charge in [0.25, 0.3) is 0 Å². The minimum Gasteiger partial charge on any atom is -0.493 e. The smallest absolute Gasteiger partial charge is 0.246 e. The maximum Gasteiger partial charge on any atom is 0.246 e. The molecule has 0 saturated carbocycles. The first-order valence-corrected chi connectivity index (χ1v) is 17.5. The third-order valence-electron chi connectivity index (χ3n) is 8.59. The second-order valence-electron chi connectivity index (χ2n) is 12.3. The van der Waals surface area contributed by atoms with Crippen molar-refractivity contribution in [2.45, 2.75) is 26.5 Å². The van der Waals surface area contributed by atoms with Gasteiger partial charge in [-0.15, -0.1) is 17.0 Å². The first-order valence-electron chi connectivity index (χ1n) is 16.7. The molecule has 6 rings (SSSR count). The molecule has 0 radical (unpaired) electrons. The van der Waals surface area contributed by atoms with Crippen molar-refractivity contribution >= 4 is 52.2 Å². The first kappa shape index (κ1) is 38.8. The van der Waals surface area contributed by atoms with Gasteiger partial charge in [-0.1, -0.05) is 65.7 Å². The monoisotopic (exact) mass is 805 g/mol. The van der Waals surface area contributed by atoms with E-state index in [1.807, 2.05) is 42.2 Å². The summed E-state index contributed by atoms with van der Waals surface area (Å²) >= 11 is 12.8. The number of ether oxygens (including phenoxy) is 3. The lowest BCUT2D eigenvalue weighted by atomic mass is 10.1. The van der Waals surface area contributed by atoms with Crippen LogP contribution in [0.3, 0.4) is 0 Å². The second kappa shape index (κ2) is 18.9. The van der Waals surface area contributed by atoms with Gasteiger partial charge in [-0.2, -0.15) is 0 Å². The quantitative estimate of drug-likeness (QED) is 0.111. The van der Waals surface area contributed by atoms with Crippen LogP contribution in [0.2, 0.25) is 10.0 Å². The van der Waals surface area contributed by atoms with Crippen molar-refractivity contribution in [2.24, 2.45) is 0 Å². The number of carbonyl (C=O) groups excluding carboxylic acids is 1. The maximum absolute atomic E-state index is 13.1. The number of pyridine rings is 1. The van der Waals surface area contributed by atoms with E-state index in [9.17, 15) is 9.18 Å². The van der Waals surface area contributed by atoms with E-state index >= 15 is 0 Å². The molecule has 2 heterocycles. The molecular formula is C41H39BrCl2FN3O4. The standard InChI is InChI=1S/C41H38Cl2FN3O4.BrH/c1-29-24-39(51-40-16-15-36(26-45-40)50-28-33-4-2-3-5-37(33)42)38(43)25-32(29)10-17-41(48)47-21-19-46(20-22-47)27-31-8-6-30(7-9-31)18-23-49-35-13-11-34(44)12-14-35;/h2-17,24-26H,18-23,27-28H2,1H3;1H. The van der Waals surface area contributed by atoms with Crippen molar-refractivity contribution in [3.05, 3.63) is 153 Å². The fourth-order valence-corrected chi connectivity index (χ4v) is 6.01. The highest BCUT2D eigenvalue weighted by atomic mass is 79.9. The van der Waals surface area contributed by atoms with Gasteiger partial charge in [0.05, 0.1) is 17.8 Å². The lowest BCUT2D eigenvalue weighted by Gasteiger charge is -2.34. The Morgan fingerprint density at radius 3 is 2.27 bits per heavy atom. The first-order chi connectivity index (χ1) is 24.8. The van der Waals surface area contributed by atoms with Crippen LogP contribution in [0.25, 0.3) is 6.08 Å². The van der Waals surface area contributed by atoms with Crippen LogP contribution < -0.4 is 14.2 Å². The normalized spacial score (nSPS) is 13.1. The average molecular weight is 808 g/mol. The van der Waals surface area contributed by atoms with E-state index in [1.165, 1.54) is 23.3 Å². The Kier molecular flexibility index (Phi) is 14.1. The number of amides is 1. The van der Waals surface area contributed by atoms with Crippen molar-refractivity contribution < 1.29 is 23.4 Å². The summed E-state index contributed by atoms with van der Waals surface area (Å²) in [5.74, 6) is 1.79. The molecule has 1 amide bonds. The summed E-state index contributed by atoms with van der Waals surface area (Å²) in [4.78, 5) is 21.6. The number of rotatable bonds is 13. The van der Waals surface area contributed by atoms with Crippen molar-refractivity contribution in [3.63, 3.8) is 0 Å². The Bertz CT molecular complexity index is 1950. The van der Waals surface area contributed by atoms with E-state index in [0.717, 1.165) is 42.7 Å². The van der Waals surface area contributed by atoms with E-state index in [-0.39, 0.29) is 28.7 Å². The summed E-state index contributed by atoms with van der Waals surface area (Å²) in [6, 6.07) is 29.2. The molecule has 1 aliphatic heterocycles. The molecule has 1 saturated heterocycles. The summed E-state index contributed by atoms with van der Waals surface area (Å²) in [6.45, 7) is 6.54. The van der Waals surface area contributed by atoms with Crippen molar-refractivity contribution in [2.75, 3.05) is 32.8 Å². The van der Waals surface area contributed by atoms with Gasteiger partial charge < -0.3 is 19.1 Å². The molecular weight excluding hydrogens is 768 g/mol. The van der Waals surface area contributed by atoms with E-state index < -0.39 is 0 Å². The molecule has 1 fully saturated rings. The lowest BCUT2D eigenvalue weighted by Crippen LogP contribution is -2.47. The highest BCUT2D eigenvalue weighted by molar-refractivity contribution is 8.93. The van der Waals surface area contributed by atoms with Gasteiger partial charge in [0.1, 0.15) is 29.7 Å². The summed E-state index contributed by atoms with van der Waals surface area (Å²) in [5.41, 5.74) is 5.04. The van der Waals surface area contributed by atoms with Crippen LogP contribution in [-0.2, 0) is 24.4 Å². The van der Waals surface area contributed by atoms with Gasteiger partial charge in [0, 0.05) is 61.9 Å². The number of aryl methyl sites for hydroxylation is 1. The largest absolute Gasteiger partial charge is 0.493 e. The predicted molar refractivity (Wildman–Crippen MR) is 210 cm³/mol. The summed E-state index contributed by atoms with van der Waals surface area (Å²) < 4.78 is 30.5. The van der Waals surface area contributed by atoms with Crippen LogP contribution in [-0.4, -0.2) is 53.5 Å². The maximum atomic E-state index is 13.1. The summed E-state index contributed by atoms with van der Waals surface area (Å²) in [5, 5.41) is 1.06. The third-order valence-corrected chi connectivity index (χ3v) is 9.25. The van der Waals surface area contributed by atoms with Gasteiger partial charge in [-0.3, -0.25) is 9.69 Å². The third kappa shape index (κ3) is 11.0. The number of carbonyl (C=O) groups is 1. The van der Waals surface area contributed by atoms with Crippen LogP contribution in [0.1, 0.15) is 27.8 Å². The van der Waals surface area contributed by atoms with Crippen molar-refractivity contribution in [1.82, 2.24) is 14.8 Å². The fourth-order valence-electron chi connectivity index (χ4n) is 5.61. The SMILES string of the molecule is Br.Cc1cc(Oc2ccc(OCc3ccccc3Cl)cn2)c(Cl)cc1C=CC(=O)N1CCN(Cc2ccc(CCOc3ccc(F)cc3)cc2)CC1. The zero-order valence-electron chi connectivity index (χ0n) is 28.6. The zero-order valence-corrected chi connectivity index (χ0v) is 31.9. The van der Waals surface area contributed by atoms with Gasteiger partial charge in [0.15, 0.2) is 0 Å². The van der Waals surface area contributed by atoms with E-state index in [1.54, 1.807) is 48.7 Å². The Hall–Kier alpha value is -4.41. The molecule has 0 N–H and O–H groups in total. The van der Waals surface area contributed by atoms with E-state index in [4.69, 9.17) is 37.4 Å². The molecule has 11 heteroatoms. The molecule has 270 valence electrons. The molecule has 5 aromatic rings. The molecule has 0 atom stereocenters. The molecule has 0 bridgehead atoms. The van der Waals surface area contributed by atoms with Crippen LogP contribution in [0, 0.1) is 12.7 Å². The number of halogens is 4. The average Bonchev–Trinajstić information content (AvgIpc) is 3.14. The van der Waals surface area contributed by atoms with Crippen LogP contribution in [0.15, 0.2) is 109 Å². The molecule has 0 unspecified atom stereocenters. The van der Waals surface area contributed by atoms with Crippen LogP contribution in [0.5, 0.6) is 23.1 Å². The molecule has 4 aromatic carbocycles. The van der Waals surface area contributed by atoms with Crippen LogP contribution in [0.4, 0.5) is 4.39 Å². The van der Waals surface area contributed by atoms with E-state index in [2.05, 4.69) is 34.1 Å². The number of aromatic nitrogens is 1. The molecule has 52 heavy (non-hydrogen) atoms. The lowest BCUT2D eigenvalue weighted by molar-refractivity contribution is -0.127. The van der Waals surface area contributed by atoms with Crippen molar-refractivity contribution in [3.8, 4) is 23.1 Å². The molecule has 1 aliphatic rings. The second-order valence-corrected chi connectivity index (χ2v) is 13.1. The predicted octanol–water partition coefficient (Wildman–Crippen LogP) is 9.76. The summed E-state index contributed by atoms with van der Waals surface area (Å²) in [7, 11) is 0. The van der Waals surface area contributed by atoms with Crippen LogP contribution >= 0.6 is 40.2 Å². The Morgan fingerprint density at radius 2 is 1.56 bits per heavy atom. The molecule has 7 nitrogen and oxygen atoms in total. The number of benzene rings is 4. The highest BCUT2D eigenvalue weighted by Crippen LogP contribution is 2.32. The van der Waals surface area contributed by atoms with Crippen molar-refractivity contribution in [1.29, 1.82) is 0 Å². The number of piperazine rings is 1.